The zero-order valence-corrected chi connectivity index (χ0v) is 17.8. The maximum Gasteiger partial charge on any atom is 0.126 e. The maximum absolute atomic E-state index is 5.80. The molecule has 0 aromatic heterocycles. The molecule has 1 nitrogen and oxygen atoms in total. The minimum atomic E-state index is 0.0760. The lowest BCUT2D eigenvalue weighted by Gasteiger charge is -2.32. The van der Waals surface area contributed by atoms with E-state index in [2.05, 4.69) is 88.3 Å². The Labute approximate surface area is 145 Å². The van der Waals surface area contributed by atoms with Gasteiger partial charge in [-0.25, -0.2) is 0 Å². The summed E-state index contributed by atoms with van der Waals surface area (Å²) in [5.41, 5.74) is 4.29. The van der Waals surface area contributed by atoms with Gasteiger partial charge in [-0.3, -0.25) is 0 Å². The molecule has 0 fully saturated rings. The Hall–Kier alpha value is -0.980. The van der Waals surface area contributed by atoms with Crippen LogP contribution >= 0.6 is 0 Å². The molecule has 23 heavy (non-hydrogen) atoms. The lowest BCUT2D eigenvalue weighted by Crippen LogP contribution is -2.22. The molecule has 0 atom stereocenters. The van der Waals surface area contributed by atoms with Crippen molar-refractivity contribution in [3.63, 3.8) is 0 Å². The molecule has 0 unspecified atom stereocenters. The van der Waals surface area contributed by atoms with E-state index in [-0.39, 0.29) is 16.2 Å². The van der Waals surface area contributed by atoms with E-state index in [0.717, 1.165) is 5.75 Å². The van der Waals surface area contributed by atoms with Crippen LogP contribution in [0.3, 0.4) is 0 Å². The fourth-order valence-corrected chi connectivity index (χ4v) is 2.40. The Morgan fingerprint density at radius 2 is 1.00 bits per heavy atom. The number of rotatable bonds is 1. The van der Waals surface area contributed by atoms with Gasteiger partial charge in [-0.05, 0) is 21.8 Å². The first kappa shape index (κ1) is 22.0. The monoisotopic (exact) mass is 320 g/mol. The van der Waals surface area contributed by atoms with Crippen molar-refractivity contribution in [2.45, 2.75) is 98.8 Å². The van der Waals surface area contributed by atoms with E-state index in [9.17, 15) is 0 Å². The second-order valence-corrected chi connectivity index (χ2v) is 9.56. The molecule has 1 rings (SSSR count). The Morgan fingerprint density at radius 1 is 0.696 bits per heavy atom. The van der Waals surface area contributed by atoms with Crippen molar-refractivity contribution in [1.29, 1.82) is 0 Å². The van der Waals surface area contributed by atoms with Crippen molar-refractivity contribution < 1.29 is 4.74 Å². The van der Waals surface area contributed by atoms with Crippen LogP contribution in [0.4, 0.5) is 0 Å². The smallest absolute Gasteiger partial charge is 0.126 e. The lowest BCUT2D eigenvalue weighted by atomic mass is 9.75. The van der Waals surface area contributed by atoms with E-state index in [1.807, 2.05) is 0 Å². The highest BCUT2D eigenvalue weighted by Crippen LogP contribution is 2.42. The summed E-state index contributed by atoms with van der Waals surface area (Å²) in [6.45, 7) is 24.6. The van der Waals surface area contributed by atoms with Crippen molar-refractivity contribution >= 4 is 0 Å². The van der Waals surface area contributed by atoms with Crippen LogP contribution in [0, 0.1) is 0 Å². The Balaban J connectivity index is 0.00000149. The lowest BCUT2D eigenvalue weighted by molar-refractivity contribution is 0.380. The molecule has 134 valence electrons. The molecule has 0 aliphatic rings. The van der Waals surface area contributed by atoms with Gasteiger partial charge in [0.25, 0.3) is 0 Å². The van der Waals surface area contributed by atoms with Crippen LogP contribution in [0.5, 0.6) is 5.75 Å². The summed E-state index contributed by atoms with van der Waals surface area (Å²) in [5, 5.41) is 0. The summed E-state index contributed by atoms with van der Waals surface area (Å²) in [4.78, 5) is 0. The average molecular weight is 321 g/mol. The molecule has 0 N–H and O–H groups in total. The molecular formula is C22H40O. The Kier molecular flexibility index (Phi) is 7.40. The van der Waals surface area contributed by atoms with Gasteiger partial charge in [-0.1, -0.05) is 94.7 Å². The first-order chi connectivity index (χ1) is 10.2. The summed E-state index contributed by atoms with van der Waals surface area (Å²) in [6, 6.07) is 4.65. The molecular weight excluding hydrogens is 280 g/mol. The van der Waals surface area contributed by atoms with Gasteiger partial charge in [-0.15, -0.1) is 0 Å². The molecule has 1 heteroatoms. The molecule has 0 heterocycles. The molecule has 0 spiro atoms. The van der Waals surface area contributed by atoms with Gasteiger partial charge < -0.3 is 4.74 Å². The van der Waals surface area contributed by atoms with Crippen LogP contribution in [0.15, 0.2) is 12.1 Å². The third-order valence-electron chi connectivity index (χ3n) is 3.78. The number of methoxy groups -OCH3 is 1. The third kappa shape index (κ3) is 6.20. The van der Waals surface area contributed by atoms with E-state index < -0.39 is 0 Å². The van der Waals surface area contributed by atoms with Crippen LogP contribution in [0.2, 0.25) is 0 Å². The summed E-state index contributed by atoms with van der Waals surface area (Å²) in [5.74, 6) is 1.05. The molecule has 0 saturated carbocycles. The predicted molar refractivity (Wildman–Crippen MR) is 105 cm³/mol. The number of hydrogen-bond donors (Lipinski definition) is 0. The molecule has 1 aromatic carbocycles. The first-order valence-corrected chi connectivity index (χ1v) is 8.93. The second kappa shape index (κ2) is 7.73. The van der Waals surface area contributed by atoms with E-state index in [0.29, 0.717) is 0 Å². The normalized spacial score (nSPS) is 12.5. The topological polar surface area (TPSA) is 9.23 Å². The quantitative estimate of drug-likeness (QED) is 0.541. The highest BCUT2D eigenvalue weighted by atomic mass is 16.5. The average Bonchev–Trinajstić information content (AvgIpc) is 2.34. The van der Waals surface area contributed by atoms with E-state index >= 15 is 0 Å². The maximum atomic E-state index is 5.80. The SMILES string of the molecule is CCC.COc1c(C(C)(C)C)cc(C(C)(C)C)cc1C(C)(C)C. The highest BCUT2D eigenvalue weighted by molar-refractivity contribution is 5.52. The van der Waals surface area contributed by atoms with Crippen LogP contribution < -0.4 is 4.74 Å². The van der Waals surface area contributed by atoms with Crippen molar-refractivity contribution in [2.75, 3.05) is 7.11 Å². The number of hydrogen-bond acceptors (Lipinski definition) is 1. The standard InChI is InChI=1S/C19H32O.C3H8/c1-17(2,3)13-11-14(18(4,5)6)16(20-10)15(12-13)19(7,8)9;1-3-2/h11-12H,1-10H3;3H2,1-2H3. The van der Waals surface area contributed by atoms with Gasteiger partial charge in [0.15, 0.2) is 0 Å². The second-order valence-electron chi connectivity index (χ2n) is 9.56. The van der Waals surface area contributed by atoms with Crippen LogP contribution in [-0.4, -0.2) is 7.11 Å². The molecule has 0 bridgehead atoms. The molecule has 0 amide bonds. The van der Waals surface area contributed by atoms with Crippen molar-refractivity contribution in [3.8, 4) is 5.75 Å². The summed E-state index contributed by atoms with van der Waals surface area (Å²) >= 11 is 0. The van der Waals surface area contributed by atoms with Gasteiger partial charge in [-0.2, -0.15) is 0 Å². The number of benzene rings is 1. The van der Waals surface area contributed by atoms with Crippen molar-refractivity contribution in [1.82, 2.24) is 0 Å². The van der Waals surface area contributed by atoms with Gasteiger partial charge in [0.2, 0.25) is 0 Å². The largest absolute Gasteiger partial charge is 0.496 e. The van der Waals surface area contributed by atoms with Gasteiger partial charge in [0.1, 0.15) is 5.75 Å². The Bertz CT molecular complexity index is 455. The van der Waals surface area contributed by atoms with Crippen LogP contribution in [0.25, 0.3) is 0 Å². The summed E-state index contributed by atoms with van der Waals surface area (Å²) in [6.07, 6.45) is 1.25. The van der Waals surface area contributed by atoms with Gasteiger partial charge in [0, 0.05) is 11.1 Å². The van der Waals surface area contributed by atoms with Gasteiger partial charge in [0.05, 0.1) is 7.11 Å². The fraction of sp³-hybridized carbons (Fsp3) is 0.727. The van der Waals surface area contributed by atoms with Crippen LogP contribution in [-0.2, 0) is 16.2 Å². The van der Waals surface area contributed by atoms with Crippen molar-refractivity contribution in [2.24, 2.45) is 0 Å². The molecule has 1 aromatic rings. The first-order valence-electron chi connectivity index (χ1n) is 8.93. The fourth-order valence-electron chi connectivity index (χ4n) is 2.40. The van der Waals surface area contributed by atoms with Crippen molar-refractivity contribution in [3.05, 3.63) is 28.8 Å². The van der Waals surface area contributed by atoms with E-state index in [1.54, 1.807) is 7.11 Å². The van der Waals surface area contributed by atoms with E-state index in [1.165, 1.54) is 23.1 Å². The highest BCUT2D eigenvalue weighted by Gasteiger charge is 2.29. The minimum Gasteiger partial charge on any atom is -0.496 e. The predicted octanol–water partition coefficient (Wildman–Crippen LogP) is 7.00. The molecule has 0 aliphatic carbocycles. The molecule has 0 aliphatic heterocycles. The zero-order chi connectivity index (χ0) is 18.6. The molecule has 0 saturated heterocycles. The molecule has 0 radical (unpaired) electrons. The van der Waals surface area contributed by atoms with Crippen LogP contribution in [0.1, 0.15) is 99.3 Å². The van der Waals surface area contributed by atoms with Gasteiger partial charge >= 0.3 is 0 Å². The third-order valence-corrected chi connectivity index (χ3v) is 3.78. The van der Waals surface area contributed by atoms with E-state index in [4.69, 9.17) is 4.74 Å². The Morgan fingerprint density at radius 3 is 1.17 bits per heavy atom. The number of ether oxygens (including phenoxy) is 1. The minimum absolute atomic E-state index is 0.0760. The summed E-state index contributed by atoms with van der Waals surface area (Å²) in [7, 11) is 1.79. The summed E-state index contributed by atoms with van der Waals surface area (Å²) < 4.78 is 5.80. The zero-order valence-electron chi connectivity index (χ0n) is 17.8.